The Labute approximate surface area is 146 Å². The van der Waals surface area contributed by atoms with Crippen LogP contribution in [0.25, 0.3) is 0 Å². The number of unbranched alkanes of at least 4 members (excludes halogenated alkanes) is 2. The number of rotatable bonds is 13. The summed E-state index contributed by atoms with van der Waals surface area (Å²) in [6.07, 6.45) is 2.35. The third-order valence-corrected chi connectivity index (χ3v) is 3.38. The third-order valence-electron chi connectivity index (χ3n) is 3.09. The lowest BCUT2D eigenvalue weighted by Gasteiger charge is -2.14. The zero-order chi connectivity index (χ0) is 18.4. The number of carbonyl (C=O) groups excluding carboxylic acids is 2. The second-order valence-corrected chi connectivity index (χ2v) is 5.46. The average molecular weight is 363 g/mol. The molecule has 0 aromatic carbocycles. The van der Waals surface area contributed by atoms with E-state index in [1.54, 1.807) is 0 Å². The van der Waals surface area contributed by atoms with Gasteiger partial charge in [-0.3, -0.25) is 9.59 Å². The molecule has 0 rings (SSSR count). The first-order valence-electron chi connectivity index (χ1n) is 7.73. The number of carboxylic acids is 2. The van der Waals surface area contributed by atoms with Crippen LogP contribution in [0.1, 0.15) is 38.5 Å². The van der Waals surface area contributed by atoms with Gasteiger partial charge in [0.2, 0.25) is 5.91 Å². The van der Waals surface area contributed by atoms with Gasteiger partial charge in [0.25, 0.3) is 0 Å². The molecule has 0 radical (unpaired) electrons. The third kappa shape index (κ3) is 12.6. The summed E-state index contributed by atoms with van der Waals surface area (Å²) in [7, 11) is 0. The van der Waals surface area contributed by atoms with Gasteiger partial charge in [-0.05, 0) is 32.1 Å². The molecular weight excluding hydrogens is 338 g/mol. The zero-order valence-electron chi connectivity index (χ0n) is 13.4. The molecule has 5 N–H and O–H groups in total. The molecule has 0 unspecified atom stereocenters. The van der Waals surface area contributed by atoms with Crippen molar-refractivity contribution in [1.29, 1.82) is 0 Å². The van der Waals surface area contributed by atoms with Crippen LogP contribution < -0.4 is 16.0 Å². The second-order valence-electron chi connectivity index (χ2n) is 5.15. The van der Waals surface area contributed by atoms with Gasteiger partial charge in [0.1, 0.15) is 6.04 Å². The maximum Gasteiger partial charge on any atom is 0.326 e. The van der Waals surface area contributed by atoms with Gasteiger partial charge in [0.15, 0.2) is 0 Å². The number of carbonyl (C=O) groups is 4. The van der Waals surface area contributed by atoms with E-state index < -0.39 is 24.0 Å². The Balaban J connectivity index is 3.79. The summed E-state index contributed by atoms with van der Waals surface area (Å²) in [5, 5.41) is 25.0. The van der Waals surface area contributed by atoms with Crippen molar-refractivity contribution in [3.63, 3.8) is 0 Å². The molecule has 0 saturated heterocycles. The highest BCUT2D eigenvalue weighted by Gasteiger charge is 2.19. The molecule has 0 aromatic rings. The lowest BCUT2D eigenvalue weighted by Crippen LogP contribution is -2.46. The van der Waals surface area contributed by atoms with Crippen LogP contribution in [0.2, 0.25) is 0 Å². The van der Waals surface area contributed by atoms with Crippen molar-refractivity contribution in [2.24, 2.45) is 0 Å². The van der Waals surface area contributed by atoms with Crippen molar-refractivity contribution >= 4 is 36.5 Å². The van der Waals surface area contributed by atoms with E-state index in [4.69, 9.17) is 10.2 Å². The lowest BCUT2D eigenvalue weighted by atomic mass is 10.1. The number of urea groups is 1. The van der Waals surface area contributed by atoms with Crippen molar-refractivity contribution in [2.75, 3.05) is 18.8 Å². The molecule has 24 heavy (non-hydrogen) atoms. The van der Waals surface area contributed by atoms with E-state index in [1.807, 2.05) is 0 Å². The van der Waals surface area contributed by atoms with Crippen LogP contribution in [-0.2, 0) is 14.4 Å². The van der Waals surface area contributed by atoms with Gasteiger partial charge in [-0.15, -0.1) is 0 Å². The standard InChI is InChI=1S/C14H25N3O6S/c18-11(9-24)15-7-2-1-3-8-16-14(23)17-10(13(21)22)5-4-6-12(19)20/h10,24H,1-9H2,(H,15,18)(H,19,20)(H,21,22)(H2,16,17,23)/t10-/m0/s1. The molecule has 0 fully saturated rings. The Morgan fingerprint density at radius 2 is 1.54 bits per heavy atom. The van der Waals surface area contributed by atoms with Gasteiger partial charge in [-0.1, -0.05) is 0 Å². The molecule has 0 aliphatic carbocycles. The number of thiol groups is 1. The zero-order valence-corrected chi connectivity index (χ0v) is 14.3. The van der Waals surface area contributed by atoms with E-state index in [-0.39, 0.29) is 30.9 Å². The van der Waals surface area contributed by atoms with Gasteiger partial charge in [-0.25, -0.2) is 9.59 Å². The van der Waals surface area contributed by atoms with E-state index in [9.17, 15) is 19.2 Å². The Bertz CT molecular complexity index is 433. The van der Waals surface area contributed by atoms with Crippen molar-refractivity contribution in [2.45, 2.75) is 44.6 Å². The van der Waals surface area contributed by atoms with Crippen LogP contribution in [0, 0.1) is 0 Å². The molecule has 3 amide bonds. The summed E-state index contributed by atoms with van der Waals surface area (Å²) < 4.78 is 0. The molecule has 0 saturated carbocycles. The fourth-order valence-corrected chi connectivity index (χ4v) is 1.95. The van der Waals surface area contributed by atoms with Gasteiger partial charge < -0.3 is 26.2 Å². The van der Waals surface area contributed by atoms with Gasteiger partial charge in [-0.2, -0.15) is 12.6 Å². The number of hydrogen-bond acceptors (Lipinski definition) is 5. The van der Waals surface area contributed by atoms with Crippen LogP contribution in [0.4, 0.5) is 4.79 Å². The Kier molecular flexibility index (Phi) is 12.4. The second kappa shape index (κ2) is 13.5. The van der Waals surface area contributed by atoms with Crippen molar-refractivity contribution in [3.8, 4) is 0 Å². The van der Waals surface area contributed by atoms with Crippen LogP contribution in [-0.4, -0.2) is 59.0 Å². The fourth-order valence-electron chi connectivity index (χ4n) is 1.84. The first kappa shape index (κ1) is 22.0. The normalized spacial score (nSPS) is 11.4. The van der Waals surface area contributed by atoms with Crippen LogP contribution >= 0.6 is 12.6 Å². The van der Waals surface area contributed by atoms with Crippen LogP contribution in [0.15, 0.2) is 0 Å². The quantitative estimate of drug-likeness (QED) is 0.204. The Morgan fingerprint density at radius 1 is 0.917 bits per heavy atom. The molecule has 0 aliphatic heterocycles. The molecule has 9 nitrogen and oxygen atoms in total. The van der Waals surface area contributed by atoms with E-state index in [0.717, 1.165) is 12.8 Å². The summed E-state index contributed by atoms with van der Waals surface area (Å²) in [5.41, 5.74) is 0. The topological polar surface area (TPSA) is 145 Å². The highest BCUT2D eigenvalue weighted by molar-refractivity contribution is 7.81. The van der Waals surface area contributed by atoms with E-state index in [1.165, 1.54) is 0 Å². The molecular formula is C14H25N3O6S. The molecule has 1 atom stereocenters. The predicted octanol–water partition coefficient (Wildman–Crippen LogP) is 0.210. The van der Waals surface area contributed by atoms with Crippen LogP contribution in [0.5, 0.6) is 0 Å². The van der Waals surface area contributed by atoms with Crippen LogP contribution in [0.3, 0.4) is 0 Å². The first-order valence-corrected chi connectivity index (χ1v) is 8.36. The first-order chi connectivity index (χ1) is 11.4. The average Bonchev–Trinajstić information content (AvgIpc) is 2.52. The minimum absolute atomic E-state index is 0.0555. The maximum atomic E-state index is 11.6. The van der Waals surface area contributed by atoms with Gasteiger partial charge in [0.05, 0.1) is 5.75 Å². The Morgan fingerprint density at radius 3 is 2.08 bits per heavy atom. The van der Waals surface area contributed by atoms with E-state index >= 15 is 0 Å². The molecule has 138 valence electrons. The summed E-state index contributed by atoms with van der Waals surface area (Å²) in [4.78, 5) is 43.9. The number of nitrogens with one attached hydrogen (secondary N) is 3. The fraction of sp³-hybridized carbons (Fsp3) is 0.714. The molecule has 0 bridgehead atoms. The minimum atomic E-state index is -1.20. The smallest absolute Gasteiger partial charge is 0.326 e. The summed E-state index contributed by atoms with van der Waals surface area (Å²) >= 11 is 3.83. The van der Waals surface area contributed by atoms with Crippen molar-refractivity contribution in [3.05, 3.63) is 0 Å². The summed E-state index contributed by atoms with van der Waals surface area (Å²) in [5.74, 6) is -2.18. The molecule has 0 aliphatic rings. The predicted molar refractivity (Wildman–Crippen MR) is 90.2 cm³/mol. The molecule has 0 aromatic heterocycles. The lowest BCUT2D eigenvalue weighted by molar-refractivity contribution is -0.140. The monoisotopic (exact) mass is 363 g/mol. The van der Waals surface area contributed by atoms with Gasteiger partial charge in [0, 0.05) is 19.5 Å². The van der Waals surface area contributed by atoms with E-state index in [0.29, 0.717) is 19.5 Å². The minimum Gasteiger partial charge on any atom is -0.481 e. The molecule has 10 heteroatoms. The van der Waals surface area contributed by atoms with Gasteiger partial charge >= 0.3 is 18.0 Å². The molecule has 0 heterocycles. The number of aliphatic carboxylic acids is 2. The Hall–Kier alpha value is -1.97. The SMILES string of the molecule is O=C(O)CCC[C@H](NC(=O)NCCCCCNC(=O)CS)C(=O)O. The van der Waals surface area contributed by atoms with E-state index in [2.05, 4.69) is 28.6 Å². The maximum absolute atomic E-state index is 11.6. The van der Waals surface area contributed by atoms with Crippen molar-refractivity contribution < 1.29 is 29.4 Å². The largest absolute Gasteiger partial charge is 0.481 e. The number of amides is 3. The summed E-state index contributed by atoms with van der Waals surface area (Å²) in [6, 6.07) is -1.71. The summed E-state index contributed by atoms with van der Waals surface area (Å²) in [6.45, 7) is 0.935. The highest BCUT2D eigenvalue weighted by atomic mass is 32.1. The number of hydrogen-bond donors (Lipinski definition) is 6. The highest BCUT2D eigenvalue weighted by Crippen LogP contribution is 2.02. The number of carboxylic acid groups (broad SMARTS) is 2. The molecule has 0 spiro atoms. The van der Waals surface area contributed by atoms with Crippen molar-refractivity contribution in [1.82, 2.24) is 16.0 Å².